The fourth-order valence-electron chi connectivity index (χ4n) is 1.53. The van der Waals surface area contributed by atoms with Crippen LogP contribution in [0.25, 0.3) is 0 Å². The first kappa shape index (κ1) is 13.4. The Morgan fingerprint density at radius 3 is 2.88 bits per heavy atom. The van der Waals surface area contributed by atoms with Crippen molar-refractivity contribution in [1.82, 2.24) is 0 Å². The van der Waals surface area contributed by atoms with Gasteiger partial charge in [-0.2, -0.15) is 0 Å². The summed E-state index contributed by atoms with van der Waals surface area (Å²) in [7, 11) is 0. The molecule has 1 aliphatic heterocycles. The van der Waals surface area contributed by atoms with E-state index in [-0.39, 0.29) is 19.1 Å². The minimum atomic E-state index is -0.667. The Hall–Kier alpha value is -0.650. The molecular formula is C11H20O5. The minimum Gasteiger partial charge on any atom is -0.463 e. The number of aliphatic hydroxyl groups is 1. The maximum Gasteiger partial charge on any atom is 0.308 e. The van der Waals surface area contributed by atoms with Gasteiger partial charge in [0.1, 0.15) is 6.61 Å². The van der Waals surface area contributed by atoms with E-state index in [1.807, 2.05) is 13.8 Å². The largest absolute Gasteiger partial charge is 0.463 e. The van der Waals surface area contributed by atoms with Crippen molar-refractivity contribution in [3.63, 3.8) is 0 Å². The zero-order valence-electron chi connectivity index (χ0n) is 10.1. The fraction of sp³-hybridized carbons (Fsp3) is 0.909. The van der Waals surface area contributed by atoms with Crippen LogP contribution >= 0.6 is 0 Å². The zero-order valence-corrected chi connectivity index (χ0v) is 10.1. The molecule has 1 unspecified atom stereocenters. The lowest BCUT2D eigenvalue weighted by Gasteiger charge is -2.35. The average Bonchev–Trinajstić information content (AvgIpc) is 2.12. The highest BCUT2D eigenvalue weighted by Crippen LogP contribution is 2.22. The van der Waals surface area contributed by atoms with E-state index in [0.29, 0.717) is 13.0 Å². The maximum atomic E-state index is 11.2. The number of esters is 1. The van der Waals surface area contributed by atoms with Crippen molar-refractivity contribution in [2.45, 2.75) is 51.6 Å². The molecule has 5 heteroatoms. The number of ether oxygens (including phenoxy) is 3. The van der Waals surface area contributed by atoms with Crippen LogP contribution in [0.2, 0.25) is 0 Å². The van der Waals surface area contributed by atoms with Gasteiger partial charge in [-0.05, 0) is 20.8 Å². The smallest absolute Gasteiger partial charge is 0.308 e. The van der Waals surface area contributed by atoms with E-state index in [4.69, 9.17) is 19.3 Å². The molecular weight excluding hydrogens is 212 g/mol. The van der Waals surface area contributed by atoms with Crippen LogP contribution in [0, 0.1) is 0 Å². The summed E-state index contributed by atoms with van der Waals surface area (Å²) in [5, 5.41) is 8.99. The van der Waals surface area contributed by atoms with E-state index in [1.54, 1.807) is 6.92 Å². The molecule has 1 fully saturated rings. The van der Waals surface area contributed by atoms with Crippen LogP contribution in [-0.4, -0.2) is 42.3 Å². The summed E-state index contributed by atoms with van der Waals surface area (Å²) in [6, 6.07) is 0. The van der Waals surface area contributed by atoms with Crippen LogP contribution in [0.3, 0.4) is 0 Å². The highest BCUT2D eigenvalue weighted by atomic mass is 16.7. The number of aliphatic hydroxyl groups excluding tert-OH is 1. The van der Waals surface area contributed by atoms with Crippen LogP contribution in [0.15, 0.2) is 0 Å². The zero-order chi connectivity index (χ0) is 12.2. The van der Waals surface area contributed by atoms with Gasteiger partial charge in [-0.15, -0.1) is 0 Å². The summed E-state index contributed by atoms with van der Waals surface area (Å²) in [5.41, 5.74) is 0. The van der Waals surface area contributed by atoms with Crippen molar-refractivity contribution in [2.24, 2.45) is 0 Å². The first-order valence-corrected chi connectivity index (χ1v) is 5.54. The van der Waals surface area contributed by atoms with Gasteiger partial charge in [0.2, 0.25) is 0 Å². The second-order valence-electron chi connectivity index (χ2n) is 4.51. The molecule has 0 aliphatic carbocycles. The number of carbonyl (C=O) groups excluding carboxylic acids is 1. The number of carbonyl (C=O) groups is 1. The monoisotopic (exact) mass is 232 g/mol. The van der Waals surface area contributed by atoms with Gasteiger partial charge in [0.05, 0.1) is 25.2 Å². The Labute approximate surface area is 95.7 Å². The second-order valence-corrected chi connectivity index (χ2v) is 4.51. The molecule has 0 saturated carbocycles. The van der Waals surface area contributed by atoms with Gasteiger partial charge in [-0.25, -0.2) is 0 Å². The lowest BCUT2D eigenvalue weighted by Crippen LogP contribution is -2.42. The Bertz CT molecular complexity index is 237. The molecule has 1 heterocycles. The molecule has 94 valence electrons. The molecule has 1 N–H and O–H groups in total. The predicted octanol–water partition coefficient (Wildman–Crippen LogP) is 0.842. The summed E-state index contributed by atoms with van der Waals surface area (Å²) in [6.45, 7) is 6.03. The van der Waals surface area contributed by atoms with Crippen molar-refractivity contribution < 1.29 is 24.1 Å². The summed E-state index contributed by atoms with van der Waals surface area (Å²) in [5.74, 6) is -1.01. The molecule has 0 radical (unpaired) electrons. The molecule has 0 aromatic rings. The Morgan fingerprint density at radius 2 is 2.31 bits per heavy atom. The van der Waals surface area contributed by atoms with Crippen LogP contribution in [0.1, 0.15) is 33.6 Å². The molecule has 0 aromatic carbocycles. The molecule has 1 rings (SSSR count). The molecule has 0 aromatic heterocycles. The molecule has 0 amide bonds. The summed E-state index contributed by atoms with van der Waals surface area (Å²) >= 11 is 0. The van der Waals surface area contributed by atoms with Crippen LogP contribution in [0.5, 0.6) is 0 Å². The van der Waals surface area contributed by atoms with Crippen molar-refractivity contribution in [1.29, 1.82) is 0 Å². The van der Waals surface area contributed by atoms with Gasteiger partial charge in [0.15, 0.2) is 5.79 Å². The molecule has 1 saturated heterocycles. The molecule has 0 bridgehead atoms. The number of rotatable bonds is 4. The quantitative estimate of drug-likeness (QED) is 0.728. The number of hydrogen-bond donors (Lipinski definition) is 1. The van der Waals surface area contributed by atoms with Crippen molar-refractivity contribution in [3.05, 3.63) is 0 Å². The predicted molar refractivity (Wildman–Crippen MR) is 56.8 cm³/mol. The summed E-state index contributed by atoms with van der Waals surface area (Å²) < 4.78 is 15.9. The van der Waals surface area contributed by atoms with Crippen LogP contribution in [-0.2, 0) is 19.0 Å². The SMILES string of the molecule is C[C@@H](O)CC(=O)OCC1CCOC(C)(C)O1. The normalized spacial score (nSPS) is 26.1. The lowest BCUT2D eigenvalue weighted by molar-refractivity contribution is -0.279. The van der Waals surface area contributed by atoms with E-state index in [1.165, 1.54) is 0 Å². The lowest BCUT2D eigenvalue weighted by atomic mass is 10.2. The van der Waals surface area contributed by atoms with E-state index in [2.05, 4.69) is 0 Å². The molecule has 16 heavy (non-hydrogen) atoms. The van der Waals surface area contributed by atoms with Crippen LogP contribution < -0.4 is 0 Å². The van der Waals surface area contributed by atoms with Crippen LogP contribution in [0.4, 0.5) is 0 Å². The van der Waals surface area contributed by atoms with E-state index >= 15 is 0 Å². The Morgan fingerprint density at radius 1 is 1.62 bits per heavy atom. The third kappa shape index (κ3) is 4.92. The van der Waals surface area contributed by atoms with Crippen molar-refractivity contribution in [3.8, 4) is 0 Å². The number of hydrogen-bond acceptors (Lipinski definition) is 5. The van der Waals surface area contributed by atoms with Gasteiger partial charge in [-0.3, -0.25) is 4.79 Å². The topological polar surface area (TPSA) is 65.0 Å². The highest BCUT2D eigenvalue weighted by molar-refractivity contribution is 5.69. The Kier molecular flexibility index (Phi) is 4.70. The standard InChI is InChI=1S/C11H20O5/c1-8(12)6-10(13)14-7-9-4-5-15-11(2,3)16-9/h8-9,12H,4-7H2,1-3H3/t8-,9?/m1/s1. The molecule has 1 aliphatic rings. The Balaban J connectivity index is 2.24. The molecule has 0 spiro atoms. The minimum absolute atomic E-state index is 0.0204. The van der Waals surface area contributed by atoms with E-state index in [9.17, 15) is 4.79 Å². The third-order valence-corrected chi connectivity index (χ3v) is 2.23. The average molecular weight is 232 g/mol. The van der Waals surface area contributed by atoms with Crippen molar-refractivity contribution >= 4 is 5.97 Å². The first-order valence-electron chi connectivity index (χ1n) is 5.54. The molecule has 5 nitrogen and oxygen atoms in total. The van der Waals surface area contributed by atoms with E-state index < -0.39 is 17.9 Å². The summed E-state index contributed by atoms with van der Waals surface area (Å²) in [4.78, 5) is 11.2. The van der Waals surface area contributed by atoms with Gasteiger partial charge in [0, 0.05) is 6.42 Å². The first-order chi connectivity index (χ1) is 7.39. The van der Waals surface area contributed by atoms with Gasteiger partial charge in [-0.1, -0.05) is 0 Å². The van der Waals surface area contributed by atoms with Gasteiger partial charge >= 0.3 is 5.97 Å². The van der Waals surface area contributed by atoms with Gasteiger partial charge in [0.25, 0.3) is 0 Å². The fourth-order valence-corrected chi connectivity index (χ4v) is 1.53. The summed E-state index contributed by atoms with van der Waals surface area (Å²) in [6.07, 6.45) is -0.0564. The molecule has 2 atom stereocenters. The van der Waals surface area contributed by atoms with Gasteiger partial charge < -0.3 is 19.3 Å². The van der Waals surface area contributed by atoms with Crippen molar-refractivity contribution in [2.75, 3.05) is 13.2 Å². The van der Waals surface area contributed by atoms with E-state index in [0.717, 1.165) is 0 Å². The second kappa shape index (κ2) is 5.61. The maximum absolute atomic E-state index is 11.2. The third-order valence-electron chi connectivity index (χ3n) is 2.23. The highest BCUT2D eigenvalue weighted by Gasteiger charge is 2.30.